The molecule has 174 valence electrons. The quantitative estimate of drug-likeness (QED) is 0.361. The van der Waals surface area contributed by atoms with Gasteiger partial charge in [-0.15, -0.1) is 11.8 Å². The molecule has 0 aliphatic heterocycles. The number of hydrogen-bond acceptors (Lipinski definition) is 4. The average molecular weight is 524 g/mol. The molecule has 0 aliphatic rings. The van der Waals surface area contributed by atoms with Gasteiger partial charge in [-0.2, -0.15) is 4.31 Å². The highest BCUT2D eigenvalue weighted by Crippen LogP contribution is 2.24. The lowest BCUT2D eigenvalue weighted by Crippen LogP contribution is -2.41. The number of hydrogen-bond donors (Lipinski definition) is 1. The molecule has 0 radical (unpaired) electrons. The van der Waals surface area contributed by atoms with Crippen molar-refractivity contribution in [3.63, 3.8) is 0 Å². The summed E-state index contributed by atoms with van der Waals surface area (Å²) in [6.07, 6.45) is 1.99. The highest BCUT2D eigenvalue weighted by Gasteiger charge is 2.28. The lowest BCUT2D eigenvalue weighted by Gasteiger charge is -2.24. The molecule has 0 spiro atoms. The SMILES string of the molecule is CSc1ccc([C@H](C)NC(=O)CN(Cc2ccccc2Cl)S(=O)(=O)c2ccc(Cl)cc2)cc1. The highest BCUT2D eigenvalue weighted by molar-refractivity contribution is 7.98. The predicted octanol–water partition coefficient (Wildman–Crippen LogP) is 5.78. The first-order valence-electron chi connectivity index (χ1n) is 10.1. The number of benzene rings is 3. The van der Waals surface area contributed by atoms with Crippen LogP contribution < -0.4 is 5.32 Å². The molecule has 0 aliphatic carbocycles. The second-order valence-corrected chi connectivity index (χ2v) is 11.0. The zero-order valence-corrected chi connectivity index (χ0v) is 21.3. The number of nitrogens with one attached hydrogen (secondary N) is 1. The van der Waals surface area contributed by atoms with Crippen LogP contribution >= 0.6 is 35.0 Å². The third kappa shape index (κ3) is 6.74. The lowest BCUT2D eigenvalue weighted by molar-refractivity contribution is -0.122. The topological polar surface area (TPSA) is 66.5 Å². The molecule has 9 heteroatoms. The lowest BCUT2D eigenvalue weighted by atomic mass is 10.1. The van der Waals surface area contributed by atoms with E-state index in [1.165, 1.54) is 24.3 Å². The van der Waals surface area contributed by atoms with Crippen LogP contribution in [0.15, 0.2) is 82.6 Å². The predicted molar refractivity (Wildman–Crippen MR) is 135 cm³/mol. The number of carbonyl (C=O) groups is 1. The zero-order chi connectivity index (χ0) is 24.0. The zero-order valence-electron chi connectivity index (χ0n) is 18.2. The monoisotopic (exact) mass is 522 g/mol. The van der Waals surface area contributed by atoms with Crippen molar-refractivity contribution >= 4 is 50.9 Å². The number of nitrogens with zero attached hydrogens (tertiary/aromatic N) is 1. The molecule has 0 aromatic heterocycles. The fourth-order valence-electron chi connectivity index (χ4n) is 3.22. The van der Waals surface area contributed by atoms with E-state index >= 15 is 0 Å². The number of carbonyl (C=O) groups excluding carboxylic acids is 1. The average Bonchev–Trinajstić information content (AvgIpc) is 2.80. The summed E-state index contributed by atoms with van der Waals surface area (Å²) < 4.78 is 27.9. The van der Waals surface area contributed by atoms with Crippen LogP contribution in [0.3, 0.4) is 0 Å². The second-order valence-electron chi connectivity index (χ2n) is 7.38. The van der Waals surface area contributed by atoms with Crippen LogP contribution in [0.1, 0.15) is 24.1 Å². The molecule has 1 amide bonds. The van der Waals surface area contributed by atoms with Crippen LogP contribution in [0.4, 0.5) is 0 Å². The van der Waals surface area contributed by atoms with Gasteiger partial charge in [0, 0.05) is 21.5 Å². The first kappa shape index (κ1) is 25.6. The van der Waals surface area contributed by atoms with Crippen LogP contribution in [-0.2, 0) is 21.4 Å². The fraction of sp³-hybridized carbons (Fsp3) is 0.208. The highest BCUT2D eigenvalue weighted by atomic mass is 35.5. The van der Waals surface area contributed by atoms with Gasteiger partial charge in [0.25, 0.3) is 0 Å². The number of halogens is 2. The van der Waals surface area contributed by atoms with Crippen molar-refractivity contribution in [2.45, 2.75) is 29.3 Å². The summed E-state index contributed by atoms with van der Waals surface area (Å²) in [6, 6.07) is 20.4. The van der Waals surface area contributed by atoms with E-state index in [0.717, 1.165) is 14.8 Å². The summed E-state index contributed by atoms with van der Waals surface area (Å²) in [7, 11) is -3.98. The summed E-state index contributed by atoms with van der Waals surface area (Å²) in [4.78, 5) is 14.1. The van der Waals surface area contributed by atoms with Crippen LogP contribution in [-0.4, -0.2) is 31.4 Å². The number of thioether (sulfide) groups is 1. The van der Waals surface area contributed by atoms with E-state index in [4.69, 9.17) is 23.2 Å². The minimum absolute atomic E-state index is 0.0468. The van der Waals surface area contributed by atoms with Crippen molar-refractivity contribution in [2.24, 2.45) is 0 Å². The van der Waals surface area contributed by atoms with E-state index in [2.05, 4.69) is 5.32 Å². The standard InChI is InChI=1S/C24H24Cl2N2O3S2/c1-17(18-7-11-21(32-2)12-8-18)27-24(29)16-28(15-19-5-3-4-6-23(19)26)33(30,31)22-13-9-20(25)10-14-22/h3-14,17H,15-16H2,1-2H3,(H,27,29)/t17-/m0/s1. The Hall–Kier alpha value is -2.03. The van der Waals surface area contributed by atoms with Crippen molar-refractivity contribution in [1.29, 1.82) is 0 Å². The van der Waals surface area contributed by atoms with Gasteiger partial charge in [-0.25, -0.2) is 8.42 Å². The smallest absolute Gasteiger partial charge is 0.243 e. The molecule has 1 N–H and O–H groups in total. The van der Waals surface area contributed by atoms with Crippen molar-refractivity contribution in [3.05, 3.63) is 94.0 Å². The van der Waals surface area contributed by atoms with Gasteiger partial charge in [-0.3, -0.25) is 4.79 Å². The van der Waals surface area contributed by atoms with E-state index in [0.29, 0.717) is 15.6 Å². The third-order valence-electron chi connectivity index (χ3n) is 5.07. The minimum atomic E-state index is -3.98. The van der Waals surface area contributed by atoms with Gasteiger partial charge in [-0.1, -0.05) is 53.5 Å². The molecule has 1 atom stereocenters. The van der Waals surface area contributed by atoms with Crippen molar-refractivity contribution in [3.8, 4) is 0 Å². The van der Waals surface area contributed by atoms with Gasteiger partial charge in [-0.05, 0) is 66.8 Å². The maximum Gasteiger partial charge on any atom is 0.243 e. The summed E-state index contributed by atoms with van der Waals surface area (Å²) in [5.41, 5.74) is 1.53. The summed E-state index contributed by atoms with van der Waals surface area (Å²) in [6.45, 7) is 1.45. The second kappa shape index (κ2) is 11.4. The molecule has 0 saturated carbocycles. The van der Waals surface area contributed by atoms with E-state index in [1.807, 2.05) is 37.4 Å². The molecule has 3 rings (SSSR count). The fourth-order valence-corrected chi connectivity index (χ4v) is 5.33. The van der Waals surface area contributed by atoms with Crippen LogP contribution in [0.25, 0.3) is 0 Å². The Kier molecular flexibility index (Phi) is 8.84. The number of sulfonamides is 1. The van der Waals surface area contributed by atoms with Crippen LogP contribution in [0.2, 0.25) is 10.0 Å². The Bertz CT molecular complexity index is 1200. The van der Waals surface area contributed by atoms with Crippen LogP contribution in [0, 0.1) is 0 Å². The molecule has 3 aromatic carbocycles. The minimum Gasteiger partial charge on any atom is -0.348 e. The molecule has 33 heavy (non-hydrogen) atoms. The Morgan fingerprint density at radius 2 is 1.64 bits per heavy atom. The molecule has 5 nitrogen and oxygen atoms in total. The van der Waals surface area contributed by atoms with Gasteiger partial charge >= 0.3 is 0 Å². The van der Waals surface area contributed by atoms with E-state index in [-0.39, 0.29) is 24.0 Å². The molecule has 0 fully saturated rings. The number of amides is 1. The Labute approximate surface area is 209 Å². The van der Waals surface area contributed by atoms with Crippen LogP contribution in [0.5, 0.6) is 0 Å². The van der Waals surface area contributed by atoms with Gasteiger partial charge in [0.2, 0.25) is 15.9 Å². The molecule has 0 bridgehead atoms. The first-order valence-corrected chi connectivity index (χ1v) is 13.5. The largest absolute Gasteiger partial charge is 0.348 e. The van der Waals surface area contributed by atoms with Crippen molar-refractivity contribution in [1.82, 2.24) is 9.62 Å². The molecule has 0 saturated heterocycles. The molecular weight excluding hydrogens is 499 g/mol. The van der Waals surface area contributed by atoms with Gasteiger partial charge < -0.3 is 5.32 Å². The third-order valence-corrected chi connectivity index (χ3v) is 8.24. The van der Waals surface area contributed by atoms with Crippen molar-refractivity contribution in [2.75, 3.05) is 12.8 Å². The Balaban J connectivity index is 1.83. The van der Waals surface area contributed by atoms with Crippen molar-refractivity contribution < 1.29 is 13.2 Å². The van der Waals surface area contributed by atoms with E-state index in [9.17, 15) is 13.2 Å². The molecule has 0 heterocycles. The summed E-state index contributed by atoms with van der Waals surface area (Å²) in [5, 5.41) is 3.74. The summed E-state index contributed by atoms with van der Waals surface area (Å²) in [5.74, 6) is -0.416. The van der Waals surface area contributed by atoms with Gasteiger partial charge in [0.05, 0.1) is 17.5 Å². The summed E-state index contributed by atoms with van der Waals surface area (Å²) >= 11 is 13.8. The van der Waals surface area contributed by atoms with E-state index in [1.54, 1.807) is 36.0 Å². The maximum atomic E-state index is 13.4. The normalized spacial score (nSPS) is 12.5. The molecule has 3 aromatic rings. The maximum absolute atomic E-state index is 13.4. The van der Waals surface area contributed by atoms with Gasteiger partial charge in [0.1, 0.15) is 0 Å². The first-order chi connectivity index (χ1) is 15.7. The Morgan fingerprint density at radius 3 is 2.24 bits per heavy atom. The molecule has 0 unspecified atom stereocenters. The number of rotatable bonds is 9. The van der Waals surface area contributed by atoms with Gasteiger partial charge in [0.15, 0.2) is 0 Å². The van der Waals surface area contributed by atoms with E-state index < -0.39 is 15.9 Å². The molecular formula is C24H24Cl2N2O3S2. The Morgan fingerprint density at radius 1 is 1.00 bits per heavy atom.